The van der Waals surface area contributed by atoms with Crippen molar-refractivity contribution in [2.45, 2.75) is 38.2 Å². The summed E-state index contributed by atoms with van der Waals surface area (Å²) in [5, 5.41) is 7.48. The minimum atomic E-state index is -0.540. The Morgan fingerprint density at radius 2 is 2.10 bits per heavy atom. The van der Waals surface area contributed by atoms with Crippen LogP contribution in [0, 0.1) is 0 Å². The van der Waals surface area contributed by atoms with Gasteiger partial charge in [0, 0.05) is 7.05 Å². The molecule has 0 amide bonds. The summed E-state index contributed by atoms with van der Waals surface area (Å²) >= 11 is 0. The molecule has 0 aliphatic heterocycles. The molecule has 1 aliphatic rings. The van der Waals surface area contributed by atoms with Crippen LogP contribution in [0.4, 0.5) is 0 Å². The third kappa shape index (κ3) is 2.17. The second kappa shape index (κ2) is 5.03. The molecule has 2 heterocycles. The Bertz CT molecular complexity index is 699. The van der Waals surface area contributed by atoms with Gasteiger partial charge in [-0.1, -0.05) is 11.6 Å². The fourth-order valence-corrected chi connectivity index (χ4v) is 2.42. The number of rotatable bonds is 2. The normalized spacial score (nSPS) is 16.4. The van der Waals surface area contributed by atoms with Crippen LogP contribution in [0.3, 0.4) is 0 Å². The minimum absolute atomic E-state index is 0.0424. The summed E-state index contributed by atoms with van der Waals surface area (Å²) in [6.45, 7) is 0. The quantitative estimate of drug-likeness (QED) is 0.734. The summed E-state index contributed by atoms with van der Waals surface area (Å²) in [5.74, 6) is -0.540. The molecule has 0 bridgehead atoms. The average Bonchev–Trinajstić information content (AvgIpc) is 2.89. The fourth-order valence-electron chi connectivity index (χ4n) is 2.42. The van der Waals surface area contributed by atoms with E-state index in [1.54, 1.807) is 0 Å². The van der Waals surface area contributed by atoms with Gasteiger partial charge in [0.15, 0.2) is 11.3 Å². The highest BCUT2D eigenvalue weighted by molar-refractivity contribution is 5.93. The van der Waals surface area contributed by atoms with Gasteiger partial charge in [-0.3, -0.25) is 0 Å². The van der Waals surface area contributed by atoms with Crippen LogP contribution in [-0.2, 0) is 11.8 Å². The van der Waals surface area contributed by atoms with Crippen molar-refractivity contribution in [2.24, 2.45) is 7.05 Å². The zero-order valence-electron chi connectivity index (χ0n) is 11.2. The first-order chi connectivity index (χ1) is 9.66. The van der Waals surface area contributed by atoms with E-state index >= 15 is 0 Å². The lowest BCUT2D eigenvalue weighted by Gasteiger charge is -2.21. The Morgan fingerprint density at radius 1 is 1.35 bits per heavy atom. The maximum atomic E-state index is 12.1. The molecule has 20 heavy (non-hydrogen) atoms. The number of hydrogen-bond acceptors (Lipinski definition) is 6. The van der Waals surface area contributed by atoms with E-state index < -0.39 is 11.7 Å². The molecule has 1 fully saturated rings. The fraction of sp³-hybridized carbons (Fsp3) is 0.583. The van der Waals surface area contributed by atoms with Crippen LogP contribution in [0.25, 0.3) is 5.65 Å². The van der Waals surface area contributed by atoms with Gasteiger partial charge in [-0.05, 0) is 25.7 Å². The van der Waals surface area contributed by atoms with Crippen molar-refractivity contribution in [3.63, 3.8) is 0 Å². The molecule has 8 heteroatoms. The number of carbonyl (C=O) groups is 1. The molecule has 1 saturated carbocycles. The predicted molar refractivity (Wildman–Crippen MR) is 68.3 cm³/mol. The second-order valence-corrected chi connectivity index (χ2v) is 4.95. The van der Waals surface area contributed by atoms with Crippen molar-refractivity contribution in [1.82, 2.24) is 24.4 Å². The molecule has 0 spiro atoms. The van der Waals surface area contributed by atoms with Gasteiger partial charge in [0.2, 0.25) is 0 Å². The van der Waals surface area contributed by atoms with E-state index in [9.17, 15) is 9.59 Å². The van der Waals surface area contributed by atoms with Crippen LogP contribution in [0.1, 0.15) is 42.6 Å². The van der Waals surface area contributed by atoms with E-state index in [2.05, 4.69) is 15.3 Å². The summed E-state index contributed by atoms with van der Waals surface area (Å²) in [5.41, 5.74) is -0.228. The first-order valence-electron chi connectivity index (χ1n) is 6.65. The number of esters is 1. The molecule has 0 atom stereocenters. The van der Waals surface area contributed by atoms with Crippen molar-refractivity contribution >= 4 is 11.6 Å². The molecule has 2 aromatic rings. The van der Waals surface area contributed by atoms with Crippen molar-refractivity contribution in [2.75, 3.05) is 0 Å². The molecule has 8 nitrogen and oxygen atoms in total. The average molecular weight is 277 g/mol. The van der Waals surface area contributed by atoms with Gasteiger partial charge in [-0.15, -0.1) is 5.10 Å². The molecule has 106 valence electrons. The highest BCUT2D eigenvalue weighted by Crippen LogP contribution is 2.21. The molecular formula is C12H15N5O3. The van der Waals surface area contributed by atoms with E-state index in [1.807, 2.05) is 0 Å². The smallest absolute Gasteiger partial charge is 0.361 e. The molecular weight excluding hydrogens is 262 g/mol. The van der Waals surface area contributed by atoms with Crippen LogP contribution < -0.4 is 5.69 Å². The Morgan fingerprint density at radius 3 is 2.85 bits per heavy atom. The van der Waals surface area contributed by atoms with Crippen molar-refractivity contribution < 1.29 is 9.53 Å². The van der Waals surface area contributed by atoms with Crippen LogP contribution in [0.15, 0.2) is 11.1 Å². The molecule has 0 saturated heterocycles. The van der Waals surface area contributed by atoms with E-state index in [4.69, 9.17) is 4.74 Å². The molecule has 0 radical (unpaired) electrons. The van der Waals surface area contributed by atoms with Gasteiger partial charge in [0.25, 0.3) is 0 Å². The highest BCUT2D eigenvalue weighted by atomic mass is 16.5. The molecule has 0 unspecified atom stereocenters. The monoisotopic (exact) mass is 277 g/mol. The number of carbonyl (C=O) groups excluding carboxylic acids is 1. The summed E-state index contributed by atoms with van der Waals surface area (Å²) in [4.78, 5) is 27.8. The van der Waals surface area contributed by atoms with Gasteiger partial charge in [-0.2, -0.15) is 4.68 Å². The first kappa shape index (κ1) is 12.8. The maximum Gasteiger partial charge on any atom is 0.361 e. The summed E-state index contributed by atoms with van der Waals surface area (Å²) in [6, 6.07) is 0. The number of fused-ring (bicyclic) bond motifs is 1. The zero-order chi connectivity index (χ0) is 14.1. The highest BCUT2D eigenvalue weighted by Gasteiger charge is 2.23. The van der Waals surface area contributed by atoms with E-state index in [1.165, 1.54) is 24.2 Å². The van der Waals surface area contributed by atoms with Crippen molar-refractivity contribution in [3.05, 3.63) is 22.5 Å². The van der Waals surface area contributed by atoms with Crippen LogP contribution >= 0.6 is 0 Å². The van der Waals surface area contributed by atoms with Crippen LogP contribution in [0.5, 0.6) is 0 Å². The van der Waals surface area contributed by atoms with Crippen molar-refractivity contribution in [1.29, 1.82) is 0 Å². The number of aryl methyl sites for hydroxylation is 1. The number of hydrogen-bond donors (Lipinski definition) is 0. The molecule has 0 aromatic carbocycles. The number of nitrogens with zero attached hydrogens (tertiary/aromatic N) is 5. The van der Waals surface area contributed by atoms with Gasteiger partial charge in [0.05, 0.1) is 0 Å². The standard InChI is InChI=1S/C12H15N5O3/c1-16-12(19)17-7-13-9(10(17)14-15-16)11(18)20-8-5-3-2-4-6-8/h7-8H,2-6H2,1H3. The Hall–Kier alpha value is -2.25. The zero-order valence-corrected chi connectivity index (χ0v) is 11.2. The summed E-state index contributed by atoms with van der Waals surface area (Å²) < 4.78 is 7.68. The SMILES string of the molecule is Cn1nnc2c(C(=O)OC3CCCCC3)ncn2c1=O. The van der Waals surface area contributed by atoms with E-state index in [-0.39, 0.29) is 17.4 Å². The molecule has 2 aromatic heterocycles. The third-order valence-corrected chi connectivity index (χ3v) is 3.52. The Kier molecular flexibility index (Phi) is 3.21. The third-order valence-electron chi connectivity index (χ3n) is 3.52. The first-order valence-corrected chi connectivity index (χ1v) is 6.65. The van der Waals surface area contributed by atoms with Crippen molar-refractivity contribution in [3.8, 4) is 0 Å². The summed E-state index contributed by atoms with van der Waals surface area (Å²) in [7, 11) is 1.48. The number of imidazole rings is 1. The number of ether oxygens (including phenoxy) is 1. The summed E-state index contributed by atoms with van der Waals surface area (Å²) in [6.07, 6.45) is 6.29. The van der Waals surface area contributed by atoms with Gasteiger partial charge in [-0.25, -0.2) is 19.0 Å². The predicted octanol–water partition coefficient (Wildman–Crippen LogP) is 0.312. The lowest BCUT2D eigenvalue weighted by Crippen LogP contribution is -2.27. The maximum absolute atomic E-state index is 12.1. The Balaban J connectivity index is 1.88. The van der Waals surface area contributed by atoms with Gasteiger partial charge >= 0.3 is 11.7 Å². The topological polar surface area (TPSA) is 91.4 Å². The van der Waals surface area contributed by atoms with Gasteiger partial charge in [0.1, 0.15) is 12.4 Å². The Labute approximate surface area is 114 Å². The number of aromatic nitrogens is 5. The lowest BCUT2D eigenvalue weighted by molar-refractivity contribution is 0.0207. The minimum Gasteiger partial charge on any atom is -0.458 e. The molecule has 0 N–H and O–H groups in total. The largest absolute Gasteiger partial charge is 0.458 e. The lowest BCUT2D eigenvalue weighted by atomic mass is 9.98. The van der Waals surface area contributed by atoms with Crippen LogP contribution in [-0.4, -0.2) is 36.5 Å². The van der Waals surface area contributed by atoms with Crippen LogP contribution in [0.2, 0.25) is 0 Å². The molecule has 3 rings (SSSR count). The molecule has 1 aliphatic carbocycles. The van der Waals surface area contributed by atoms with Gasteiger partial charge < -0.3 is 4.74 Å². The van der Waals surface area contributed by atoms with E-state index in [0.717, 1.165) is 30.4 Å². The second-order valence-electron chi connectivity index (χ2n) is 4.95. The van der Waals surface area contributed by atoms with E-state index in [0.29, 0.717) is 0 Å².